The monoisotopic (exact) mass is 358 g/mol. The van der Waals surface area contributed by atoms with Gasteiger partial charge in [0.2, 0.25) is 0 Å². The minimum Gasteiger partial charge on any atom is -0.352 e. The van der Waals surface area contributed by atoms with Crippen LogP contribution in [0, 0.1) is 17.1 Å². The Labute approximate surface area is 127 Å². The highest BCUT2D eigenvalue weighted by atomic mass is 79.9. The van der Waals surface area contributed by atoms with Gasteiger partial charge in [-0.25, -0.2) is 4.39 Å². The summed E-state index contributed by atoms with van der Waals surface area (Å²) in [5.41, 5.74) is 1.28. The molecule has 0 aliphatic heterocycles. The number of hydrogen-bond donors (Lipinski definition) is 1. The van der Waals surface area contributed by atoms with E-state index in [0.29, 0.717) is 26.4 Å². The Morgan fingerprint density at radius 2 is 1.95 bits per heavy atom. The summed E-state index contributed by atoms with van der Waals surface area (Å²) < 4.78 is 13.6. The lowest BCUT2D eigenvalue weighted by molar-refractivity contribution is 0.627. The lowest BCUT2D eigenvalue weighted by atomic mass is 10.2. The van der Waals surface area contributed by atoms with Crippen LogP contribution in [0.15, 0.2) is 34.8 Å². The maximum absolute atomic E-state index is 13.1. The summed E-state index contributed by atoms with van der Waals surface area (Å²) in [7, 11) is 0. The van der Waals surface area contributed by atoms with Crippen LogP contribution < -0.4 is 5.32 Å². The topological polar surface area (TPSA) is 35.8 Å². The zero-order chi connectivity index (χ0) is 14.0. The van der Waals surface area contributed by atoms with Crippen molar-refractivity contribution in [2.75, 3.05) is 5.32 Å². The van der Waals surface area contributed by atoms with E-state index in [0.717, 1.165) is 0 Å². The second-order valence-electron chi connectivity index (χ2n) is 3.64. The number of nitriles is 1. The molecular formula is C13H6BrCl2FN2. The first kappa shape index (κ1) is 14.1. The standard InChI is InChI=1S/C13H6BrCl2FN2/c14-9-4-7(17)5-11(16)13(9)19-12-3-1-2-10(15)8(12)6-18/h1-5,19H. The van der Waals surface area contributed by atoms with Gasteiger partial charge in [0.05, 0.1) is 27.0 Å². The van der Waals surface area contributed by atoms with Gasteiger partial charge < -0.3 is 5.32 Å². The SMILES string of the molecule is N#Cc1c(Cl)cccc1Nc1c(Cl)cc(F)cc1Br. The van der Waals surface area contributed by atoms with Crippen molar-refractivity contribution < 1.29 is 4.39 Å². The number of nitrogens with zero attached hydrogens (tertiary/aromatic N) is 1. The maximum atomic E-state index is 13.1. The number of nitrogens with one attached hydrogen (secondary N) is 1. The molecule has 0 aliphatic carbocycles. The van der Waals surface area contributed by atoms with Crippen LogP contribution in [-0.2, 0) is 0 Å². The van der Waals surface area contributed by atoms with E-state index in [1.807, 2.05) is 6.07 Å². The fourth-order valence-corrected chi connectivity index (χ4v) is 2.65. The van der Waals surface area contributed by atoms with Crippen LogP contribution in [0.1, 0.15) is 5.56 Å². The molecule has 0 saturated heterocycles. The molecule has 96 valence electrons. The third-order valence-electron chi connectivity index (χ3n) is 2.39. The summed E-state index contributed by atoms with van der Waals surface area (Å²) >= 11 is 15.1. The summed E-state index contributed by atoms with van der Waals surface area (Å²) in [5, 5.41) is 12.6. The molecule has 2 nitrogen and oxygen atoms in total. The van der Waals surface area contributed by atoms with Crippen LogP contribution in [0.2, 0.25) is 10.0 Å². The third-order valence-corrected chi connectivity index (χ3v) is 3.63. The van der Waals surface area contributed by atoms with E-state index >= 15 is 0 Å². The van der Waals surface area contributed by atoms with Gasteiger partial charge in [-0.05, 0) is 40.2 Å². The lowest BCUT2D eigenvalue weighted by Gasteiger charge is -2.12. The molecule has 0 atom stereocenters. The molecule has 0 fully saturated rings. The number of benzene rings is 2. The first-order valence-corrected chi connectivity index (χ1v) is 6.68. The average Bonchev–Trinajstić information content (AvgIpc) is 2.34. The second kappa shape index (κ2) is 5.79. The minimum absolute atomic E-state index is 0.204. The smallest absolute Gasteiger partial charge is 0.125 e. The summed E-state index contributed by atoms with van der Waals surface area (Å²) in [4.78, 5) is 0. The normalized spacial score (nSPS) is 10.1. The predicted molar refractivity (Wildman–Crippen MR) is 78.6 cm³/mol. The van der Waals surface area contributed by atoms with Gasteiger partial charge in [0.25, 0.3) is 0 Å². The number of rotatable bonds is 2. The van der Waals surface area contributed by atoms with E-state index in [2.05, 4.69) is 21.2 Å². The molecule has 0 aromatic heterocycles. The van der Waals surface area contributed by atoms with E-state index in [1.54, 1.807) is 18.2 Å². The zero-order valence-electron chi connectivity index (χ0n) is 9.35. The van der Waals surface area contributed by atoms with E-state index in [-0.39, 0.29) is 5.02 Å². The van der Waals surface area contributed by atoms with Crippen LogP contribution in [0.3, 0.4) is 0 Å². The van der Waals surface area contributed by atoms with Gasteiger partial charge in [-0.3, -0.25) is 0 Å². The van der Waals surface area contributed by atoms with Gasteiger partial charge in [-0.2, -0.15) is 5.26 Å². The van der Waals surface area contributed by atoms with E-state index < -0.39 is 5.82 Å². The van der Waals surface area contributed by atoms with Crippen molar-refractivity contribution in [2.24, 2.45) is 0 Å². The Morgan fingerprint density at radius 3 is 2.58 bits per heavy atom. The molecule has 1 N–H and O–H groups in total. The molecular weight excluding hydrogens is 354 g/mol. The molecule has 0 amide bonds. The fourth-order valence-electron chi connectivity index (χ4n) is 1.54. The second-order valence-corrected chi connectivity index (χ2v) is 5.31. The average molecular weight is 360 g/mol. The van der Waals surface area contributed by atoms with Gasteiger partial charge in [-0.1, -0.05) is 29.3 Å². The summed E-state index contributed by atoms with van der Waals surface area (Å²) in [6.07, 6.45) is 0. The van der Waals surface area contributed by atoms with Crippen molar-refractivity contribution in [1.29, 1.82) is 5.26 Å². The van der Waals surface area contributed by atoms with Crippen molar-refractivity contribution >= 4 is 50.5 Å². The summed E-state index contributed by atoms with van der Waals surface area (Å²) in [6, 6.07) is 9.49. The van der Waals surface area contributed by atoms with Gasteiger partial charge >= 0.3 is 0 Å². The molecule has 2 aromatic carbocycles. The highest BCUT2D eigenvalue weighted by Crippen LogP contribution is 2.35. The Balaban J connectivity index is 2.49. The van der Waals surface area contributed by atoms with Gasteiger partial charge in [0.1, 0.15) is 11.9 Å². The molecule has 0 saturated carbocycles. The zero-order valence-corrected chi connectivity index (χ0v) is 12.4. The van der Waals surface area contributed by atoms with Gasteiger partial charge in [0, 0.05) is 4.47 Å². The first-order valence-electron chi connectivity index (χ1n) is 5.13. The van der Waals surface area contributed by atoms with Crippen molar-refractivity contribution in [3.8, 4) is 6.07 Å². The molecule has 6 heteroatoms. The van der Waals surface area contributed by atoms with Gasteiger partial charge in [-0.15, -0.1) is 0 Å². The molecule has 0 aliphatic rings. The van der Waals surface area contributed by atoms with Crippen molar-refractivity contribution in [3.05, 3.63) is 56.2 Å². The van der Waals surface area contributed by atoms with E-state index in [9.17, 15) is 4.39 Å². The maximum Gasteiger partial charge on any atom is 0.125 e. The molecule has 0 heterocycles. The van der Waals surface area contributed by atoms with Crippen LogP contribution >= 0.6 is 39.1 Å². The highest BCUT2D eigenvalue weighted by Gasteiger charge is 2.12. The molecule has 0 unspecified atom stereocenters. The Hall–Kier alpha value is -1.28. The quantitative estimate of drug-likeness (QED) is 0.767. The molecule has 0 bridgehead atoms. The van der Waals surface area contributed by atoms with Crippen LogP contribution in [0.5, 0.6) is 0 Å². The number of halogens is 4. The summed E-state index contributed by atoms with van der Waals surface area (Å²) in [6.45, 7) is 0. The fraction of sp³-hybridized carbons (Fsp3) is 0. The largest absolute Gasteiger partial charge is 0.352 e. The predicted octanol–water partition coefficient (Wildman–Crippen LogP) is 5.51. The number of hydrogen-bond acceptors (Lipinski definition) is 2. The van der Waals surface area contributed by atoms with Crippen molar-refractivity contribution in [3.63, 3.8) is 0 Å². The molecule has 2 aromatic rings. The highest BCUT2D eigenvalue weighted by molar-refractivity contribution is 9.10. The van der Waals surface area contributed by atoms with Crippen LogP contribution in [0.4, 0.5) is 15.8 Å². The minimum atomic E-state index is -0.450. The van der Waals surface area contributed by atoms with E-state index in [4.69, 9.17) is 28.5 Å². The van der Waals surface area contributed by atoms with Crippen molar-refractivity contribution in [2.45, 2.75) is 0 Å². The van der Waals surface area contributed by atoms with Crippen LogP contribution in [-0.4, -0.2) is 0 Å². The van der Waals surface area contributed by atoms with Crippen LogP contribution in [0.25, 0.3) is 0 Å². The molecule has 0 spiro atoms. The van der Waals surface area contributed by atoms with E-state index in [1.165, 1.54) is 12.1 Å². The first-order chi connectivity index (χ1) is 9.02. The lowest BCUT2D eigenvalue weighted by Crippen LogP contribution is -1.96. The summed E-state index contributed by atoms with van der Waals surface area (Å²) in [5.74, 6) is -0.450. The van der Waals surface area contributed by atoms with Gasteiger partial charge in [0.15, 0.2) is 0 Å². The Kier molecular flexibility index (Phi) is 4.31. The molecule has 0 radical (unpaired) electrons. The Morgan fingerprint density at radius 1 is 1.21 bits per heavy atom. The Bertz CT molecular complexity index is 660. The van der Waals surface area contributed by atoms with Crippen molar-refractivity contribution in [1.82, 2.24) is 0 Å². The molecule has 2 rings (SSSR count). The molecule has 19 heavy (non-hydrogen) atoms. The number of anilines is 2. The third kappa shape index (κ3) is 3.01.